The molecule has 2 aromatic rings. The normalized spacial score (nSPS) is 11.1. The number of unbranched alkanes of at least 4 members (excludes halogenated alkanes) is 6. The first-order valence-electron chi connectivity index (χ1n) is 9.96. The first-order chi connectivity index (χ1) is 11.8. The van der Waals surface area contributed by atoms with Crippen LogP contribution in [0.5, 0.6) is 0 Å². The molecule has 0 aliphatic carbocycles. The lowest BCUT2D eigenvalue weighted by Crippen LogP contribution is -2.37. The van der Waals surface area contributed by atoms with E-state index >= 15 is 0 Å². The molecule has 2 rings (SSSR count). The van der Waals surface area contributed by atoms with Crippen molar-refractivity contribution in [3.05, 3.63) is 54.1 Å². The van der Waals surface area contributed by atoms with Gasteiger partial charge in [-0.1, -0.05) is 76.3 Å². The van der Waals surface area contributed by atoms with Crippen molar-refractivity contribution in [1.82, 2.24) is 4.57 Å². The van der Waals surface area contributed by atoms with E-state index in [1.54, 1.807) is 0 Å². The van der Waals surface area contributed by atoms with Crippen molar-refractivity contribution in [3.63, 3.8) is 0 Å². The van der Waals surface area contributed by atoms with Crippen molar-refractivity contribution in [2.45, 2.75) is 84.7 Å². The summed E-state index contributed by atoms with van der Waals surface area (Å²) in [7, 11) is 0. The Bertz CT molecular complexity index is 557. The van der Waals surface area contributed by atoms with Crippen LogP contribution in [0, 0.1) is 0 Å². The van der Waals surface area contributed by atoms with E-state index in [1.165, 1.54) is 69.3 Å². The predicted molar refractivity (Wildman–Crippen MR) is 102 cm³/mol. The Balaban J connectivity index is 1.86. The molecule has 1 aromatic carbocycles. The molecule has 0 bridgehead atoms. The summed E-state index contributed by atoms with van der Waals surface area (Å²) in [5, 5.41) is 0. The fraction of sp³-hybridized carbons (Fsp3) is 0.591. The average Bonchev–Trinajstić information content (AvgIpc) is 2.97. The maximum Gasteiger partial charge on any atom is 0.256 e. The lowest BCUT2D eigenvalue weighted by atomic mass is 10.1. The Morgan fingerprint density at radius 1 is 0.833 bits per heavy atom. The van der Waals surface area contributed by atoms with E-state index in [-0.39, 0.29) is 0 Å². The van der Waals surface area contributed by atoms with Gasteiger partial charge in [-0.25, -0.2) is 9.13 Å². The minimum atomic E-state index is 0.986. The highest BCUT2D eigenvalue weighted by Crippen LogP contribution is 2.10. The zero-order chi connectivity index (χ0) is 17.0. The second kappa shape index (κ2) is 11.1. The van der Waals surface area contributed by atoms with Gasteiger partial charge in [0, 0.05) is 6.42 Å². The van der Waals surface area contributed by atoms with E-state index in [4.69, 9.17) is 0 Å². The highest BCUT2D eigenvalue weighted by Gasteiger charge is 2.16. The zero-order valence-electron chi connectivity index (χ0n) is 15.7. The molecule has 0 N–H and O–H groups in total. The van der Waals surface area contributed by atoms with Crippen molar-refractivity contribution in [3.8, 4) is 0 Å². The summed E-state index contributed by atoms with van der Waals surface area (Å²) in [6.07, 6.45) is 16.6. The summed E-state index contributed by atoms with van der Waals surface area (Å²) in [4.78, 5) is 0. The van der Waals surface area contributed by atoms with Crippen LogP contribution in [0.3, 0.4) is 0 Å². The number of imidazole rings is 1. The van der Waals surface area contributed by atoms with Gasteiger partial charge >= 0.3 is 0 Å². The SMILES string of the molecule is CCCCCCCCCn1cc[n+](Cc2ccccc2)c1CCC. The molecule has 0 radical (unpaired) electrons. The summed E-state index contributed by atoms with van der Waals surface area (Å²) in [5.41, 5.74) is 1.38. The monoisotopic (exact) mass is 327 g/mol. The summed E-state index contributed by atoms with van der Waals surface area (Å²) < 4.78 is 4.92. The summed E-state index contributed by atoms with van der Waals surface area (Å²) in [6.45, 7) is 6.72. The number of benzene rings is 1. The highest BCUT2D eigenvalue weighted by atomic mass is 15.1. The summed E-state index contributed by atoms with van der Waals surface area (Å²) >= 11 is 0. The third kappa shape index (κ3) is 6.14. The van der Waals surface area contributed by atoms with E-state index < -0.39 is 0 Å². The molecule has 2 heteroatoms. The Kier molecular flexibility index (Phi) is 8.65. The number of hydrogen-bond donors (Lipinski definition) is 0. The molecule has 0 spiro atoms. The predicted octanol–water partition coefficient (Wildman–Crippen LogP) is 5.53. The molecular formula is C22H35N2+. The van der Waals surface area contributed by atoms with Crippen LogP contribution in [-0.2, 0) is 19.5 Å². The molecule has 0 atom stereocenters. The smallest absolute Gasteiger partial charge is 0.234 e. The van der Waals surface area contributed by atoms with Crippen LogP contribution >= 0.6 is 0 Å². The van der Waals surface area contributed by atoms with Crippen molar-refractivity contribution in [2.75, 3.05) is 0 Å². The van der Waals surface area contributed by atoms with Crippen LogP contribution < -0.4 is 4.57 Å². The molecule has 2 nitrogen and oxygen atoms in total. The van der Waals surface area contributed by atoms with Crippen LogP contribution in [0.25, 0.3) is 0 Å². The molecule has 24 heavy (non-hydrogen) atoms. The maximum atomic E-state index is 2.48. The lowest BCUT2D eigenvalue weighted by Gasteiger charge is -2.05. The van der Waals surface area contributed by atoms with Crippen molar-refractivity contribution in [2.24, 2.45) is 0 Å². The molecular weight excluding hydrogens is 292 g/mol. The van der Waals surface area contributed by atoms with Gasteiger partial charge in [-0.2, -0.15) is 0 Å². The van der Waals surface area contributed by atoms with Gasteiger partial charge in [-0.3, -0.25) is 0 Å². The van der Waals surface area contributed by atoms with E-state index in [0.29, 0.717) is 0 Å². The van der Waals surface area contributed by atoms with Gasteiger partial charge in [0.1, 0.15) is 18.9 Å². The molecule has 0 saturated heterocycles. The van der Waals surface area contributed by atoms with Gasteiger partial charge in [0.2, 0.25) is 0 Å². The molecule has 0 unspecified atom stereocenters. The van der Waals surface area contributed by atoms with Crippen molar-refractivity contribution in [1.29, 1.82) is 0 Å². The summed E-state index contributed by atoms with van der Waals surface area (Å²) in [5.74, 6) is 1.48. The van der Waals surface area contributed by atoms with Crippen LogP contribution in [-0.4, -0.2) is 4.57 Å². The third-order valence-electron chi connectivity index (χ3n) is 4.76. The molecule has 0 amide bonds. The Labute approximate surface area is 148 Å². The fourth-order valence-electron chi connectivity index (χ4n) is 3.38. The lowest BCUT2D eigenvalue weighted by molar-refractivity contribution is -0.695. The largest absolute Gasteiger partial charge is 0.256 e. The molecule has 0 aliphatic heterocycles. The van der Waals surface area contributed by atoms with Crippen LogP contribution in [0.1, 0.15) is 76.6 Å². The molecule has 0 aliphatic rings. The first-order valence-corrected chi connectivity index (χ1v) is 9.96. The van der Waals surface area contributed by atoms with E-state index in [1.807, 2.05) is 0 Å². The van der Waals surface area contributed by atoms with Gasteiger partial charge < -0.3 is 0 Å². The van der Waals surface area contributed by atoms with Gasteiger partial charge in [0.15, 0.2) is 0 Å². The topological polar surface area (TPSA) is 8.81 Å². The average molecular weight is 328 g/mol. The summed E-state index contributed by atoms with van der Waals surface area (Å²) in [6, 6.07) is 10.8. The number of nitrogens with zero attached hydrogens (tertiary/aromatic N) is 2. The number of rotatable bonds is 12. The molecule has 1 heterocycles. The zero-order valence-corrected chi connectivity index (χ0v) is 15.7. The first kappa shape index (κ1) is 18.8. The van der Waals surface area contributed by atoms with E-state index in [0.717, 1.165) is 13.0 Å². The van der Waals surface area contributed by atoms with Gasteiger partial charge in [0.25, 0.3) is 5.82 Å². The minimum absolute atomic E-state index is 0.986. The molecule has 0 saturated carbocycles. The fourth-order valence-corrected chi connectivity index (χ4v) is 3.38. The minimum Gasteiger partial charge on any atom is -0.234 e. The second-order valence-corrected chi connectivity index (χ2v) is 6.89. The van der Waals surface area contributed by atoms with Gasteiger partial charge in [-0.05, 0) is 24.8 Å². The van der Waals surface area contributed by atoms with Crippen LogP contribution in [0.15, 0.2) is 42.7 Å². The van der Waals surface area contributed by atoms with Crippen molar-refractivity contribution < 1.29 is 4.57 Å². The van der Waals surface area contributed by atoms with E-state index in [2.05, 4.69) is 65.7 Å². The number of aromatic nitrogens is 2. The van der Waals surface area contributed by atoms with E-state index in [9.17, 15) is 0 Å². The van der Waals surface area contributed by atoms with Crippen LogP contribution in [0.4, 0.5) is 0 Å². The van der Waals surface area contributed by atoms with Crippen molar-refractivity contribution >= 4 is 0 Å². The molecule has 0 fully saturated rings. The Morgan fingerprint density at radius 2 is 1.54 bits per heavy atom. The number of aryl methyl sites for hydroxylation is 1. The quantitative estimate of drug-likeness (QED) is 0.358. The maximum absolute atomic E-state index is 2.48. The Hall–Kier alpha value is -1.57. The second-order valence-electron chi connectivity index (χ2n) is 6.89. The third-order valence-corrected chi connectivity index (χ3v) is 4.76. The molecule has 132 valence electrons. The molecule has 1 aromatic heterocycles. The number of hydrogen-bond acceptors (Lipinski definition) is 0. The van der Waals surface area contributed by atoms with Gasteiger partial charge in [0.05, 0.1) is 6.54 Å². The highest BCUT2D eigenvalue weighted by molar-refractivity contribution is 5.13. The van der Waals surface area contributed by atoms with Gasteiger partial charge in [-0.15, -0.1) is 0 Å². The van der Waals surface area contributed by atoms with Crippen LogP contribution in [0.2, 0.25) is 0 Å². The Morgan fingerprint density at radius 3 is 2.25 bits per heavy atom. The standard InChI is InChI=1S/C22H35N2/c1-3-5-6-7-8-9-13-17-23-18-19-24(22(23)14-4-2)20-21-15-11-10-12-16-21/h10-12,15-16,18-19H,3-9,13-14,17,20H2,1-2H3/q+1.